The molecule has 114 valence electrons. The Morgan fingerprint density at radius 1 is 1.25 bits per heavy atom. The summed E-state index contributed by atoms with van der Waals surface area (Å²) in [5.41, 5.74) is 0. The third-order valence-corrected chi connectivity index (χ3v) is 5.93. The van der Waals surface area contributed by atoms with E-state index in [1.54, 1.807) is 0 Å². The number of hydrogen-bond donors (Lipinski definition) is 3. The Morgan fingerprint density at radius 3 is 2.55 bits per heavy atom. The van der Waals surface area contributed by atoms with E-state index in [4.69, 9.17) is 10.2 Å². The van der Waals surface area contributed by atoms with Crippen molar-refractivity contribution < 1.29 is 24.6 Å². The molecule has 0 aliphatic carbocycles. The van der Waals surface area contributed by atoms with Crippen LogP contribution in [0.5, 0.6) is 0 Å². The smallest absolute Gasteiger partial charge is 0.326 e. The van der Waals surface area contributed by atoms with E-state index in [9.17, 15) is 14.4 Å². The van der Waals surface area contributed by atoms with Crippen LogP contribution < -0.4 is 5.32 Å². The highest BCUT2D eigenvalue weighted by Gasteiger charge is 2.22. The molecule has 0 aromatic heterocycles. The molecule has 3 N–H and O–H groups in total. The summed E-state index contributed by atoms with van der Waals surface area (Å²) in [7, 11) is 3.78. The van der Waals surface area contributed by atoms with Crippen molar-refractivity contribution in [3.05, 3.63) is 0 Å². The summed E-state index contributed by atoms with van der Waals surface area (Å²) < 4.78 is 0. The first-order valence-corrected chi connectivity index (χ1v) is 8.89. The lowest BCUT2D eigenvalue weighted by atomic mass is 10.1. The highest BCUT2D eigenvalue weighted by atomic mass is 33.1. The Morgan fingerprint density at radius 2 is 2.00 bits per heavy atom. The fraction of sp³-hybridized carbons (Fsp3) is 0.750. The monoisotopic (exact) mass is 321 g/mol. The Balaban J connectivity index is 2.17. The highest BCUT2D eigenvalue weighted by Crippen LogP contribution is 2.39. The predicted molar refractivity (Wildman–Crippen MR) is 78.7 cm³/mol. The van der Waals surface area contributed by atoms with Crippen LogP contribution in [-0.2, 0) is 14.4 Å². The normalized spacial score (nSPS) is 19.5. The standard InChI is InChI=1S/C12H19NO5S2/c14-10(13-9(12(17)18)7-11(15)16)4-2-1-3-8-5-6-19-20-8/h8-9H,1-7H2,(H,13,14)(H,15,16)(H,17,18)/t8-,9+/m1/s1. The van der Waals surface area contributed by atoms with Crippen molar-refractivity contribution in [2.45, 2.75) is 49.8 Å². The second kappa shape index (κ2) is 9.12. The minimum atomic E-state index is -1.35. The molecule has 0 bridgehead atoms. The van der Waals surface area contributed by atoms with Crippen molar-refractivity contribution in [2.24, 2.45) is 0 Å². The number of carboxylic acids is 2. The van der Waals surface area contributed by atoms with E-state index in [0.29, 0.717) is 11.7 Å². The molecule has 1 aliphatic heterocycles. The molecule has 8 heteroatoms. The molecule has 1 saturated heterocycles. The lowest BCUT2D eigenvalue weighted by Gasteiger charge is -2.12. The van der Waals surface area contributed by atoms with Crippen LogP contribution in [0.15, 0.2) is 0 Å². The number of unbranched alkanes of at least 4 members (excludes halogenated alkanes) is 1. The van der Waals surface area contributed by atoms with Gasteiger partial charge in [0.15, 0.2) is 0 Å². The first-order valence-electron chi connectivity index (χ1n) is 6.51. The van der Waals surface area contributed by atoms with Crippen LogP contribution in [0.2, 0.25) is 0 Å². The molecular weight excluding hydrogens is 302 g/mol. The van der Waals surface area contributed by atoms with Gasteiger partial charge in [-0.1, -0.05) is 28.0 Å². The number of hydrogen-bond acceptors (Lipinski definition) is 5. The summed E-state index contributed by atoms with van der Waals surface area (Å²) >= 11 is 0. The Hall–Kier alpha value is -0.890. The van der Waals surface area contributed by atoms with Crippen LogP contribution in [0.25, 0.3) is 0 Å². The minimum Gasteiger partial charge on any atom is -0.481 e. The number of carbonyl (C=O) groups excluding carboxylic acids is 1. The molecule has 0 saturated carbocycles. The molecule has 1 heterocycles. The van der Waals surface area contributed by atoms with Crippen LogP contribution in [0.3, 0.4) is 0 Å². The zero-order valence-corrected chi connectivity index (χ0v) is 12.7. The van der Waals surface area contributed by atoms with Gasteiger partial charge in [-0.25, -0.2) is 4.79 Å². The van der Waals surface area contributed by atoms with E-state index in [0.717, 1.165) is 12.8 Å². The van der Waals surface area contributed by atoms with Gasteiger partial charge in [-0.2, -0.15) is 0 Å². The van der Waals surface area contributed by atoms with Crippen molar-refractivity contribution in [3.8, 4) is 0 Å². The molecule has 2 atom stereocenters. The minimum absolute atomic E-state index is 0.244. The molecule has 6 nitrogen and oxygen atoms in total. The molecule has 1 aliphatic rings. The van der Waals surface area contributed by atoms with Gasteiger partial charge in [0.05, 0.1) is 6.42 Å². The fourth-order valence-electron chi connectivity index (χ4n) is 1.86. The van der Waals surface area contributed by atoms with Gasteiger partial charge in [0.1, 0.15) is 6.04 Å². The van der Waals surface area contributed by atoms with E-state index in [2.05, 4.69) is 5.32 Å². The summed E-state index contributed by atoms with van der Waals surface area (Å²) in [6.07, 6.45) is 3.56. The van der Waals surface area contributed by atoms with Crippen molar-refractivity contribution >= 4 is 39.4 Å². The number of carboxylic acid groups (broad SMARTS) is 2. The predicted octanol–water partition coefficient (Wildman–Crippen LogP) is 1.74. The Kier molecular flexibility index (Phi) is 7.83. The van der Waals surface area contributed by atoms with Crippen LogP contribution in [0.1, 0.15) is 38.5 Å². The van der Waals surface area contributed by atoms with Crippen LogP contribution in [0, 0.1) is 0 Å². The molecule has 0 unspecified atom stereocenters. The van der Waals surface area contributed by atoms with E-state index in [-0.39, 0.29) is 6.42 Å². The topological polar surface area (TPSA) is 104 Å². The van der Waals surface area contributed by atoms with Gasteiger partial charge in [-0.3, -0.25) is 9.59 Å². The van der Waals surface area contributed by atoms with Crippen molar-refractivity contribution in [3.63, 3.8) is 0 Å². The first kappa shape index (κ1) is 17.2. The van der Waals surface area contributed by atoms with Gasteiger partial charge in [-0.15, -0.1) is 0 Å². The lowest BCUT2D eigenvalue weighted by Crippen LogP contribution is -2.42. The van der Waals surface area contributed by atoms with Gasteiger partial charge >= 0.3 is 11.9 Å². The fourth-order valence-corrected chi connectivity index (χ4v) is 4.89. The SMILES string of the molecule is O=C(O)C[C@H](NC(=O)CCCC[C@@H]1CCSS1)C(=O)O. The zero-order chi connectivity index (χ0) is 15.0. The van der Waals surface area contributed by atoms with Crippen molar-refractivity contribution in [2.75, 3.05) is 5.75 Å². The van der Waals surface area contributed by atoms with Crippen molar-refractivity contribution in [1.29, 1.82) is 0 Å². The maximum Gasteiger partial charge on any atom is 0.326 e. The van der Waals surface area contributed by atoms with E-state index in [1.807, 2.05) is 21.6 Å². The van der Waals surface area contributed by atoms with E-state index >= 15 is 0 Å². The average molecular weight is 321 g/mol. The molecule has 20 heavy (non-hydrogen) atoms. The Bertz CT molecular complexity index is 358. The maximum absolute atomic E-state index is 11.6. The van der Waals surface area contributed by atoms with E-state index in [1.165, 1.54) is 12.2 Å². The molecule has 0 aromatic rings. The third kappa shape index (κ3) is 7.04. The second-order valence-corrected chi connectivity index (χ2v) is 7.42. The van der Waals surface area contributed by atoms with Gasteiger partial charge in [0.2, 0.25) is 5.91 Å². The van der Waals surface area contributed by atoms with Crippen molar-refractivity contribution in [1.82, 2.24) is 5.32 Å². The summed E-state index contributed by atoms with van der Waals surface area (Å²) in [5, 5.41) is 20.3. The quantitative estimate of drug-likeness (QED) is 0.439. The van der Waals surface area contributed by atoms with Crippen LogP contribution in [0.4, 0.5) is 0 Å². The number of carbonyl (C=O) groups is 3. The van der Waals surface area contributed by atoms with Gasteiger partial charge in [0, 0.05) is 17.4 Å². The van der Waals surface area contributed by atoms with Gasteiger partial charge < -0.3 is 15.5 Å². The molecule has 0 radical (unpaired) electrons. The molecule has 0 spiro atoms. The average Bonchev–Trinajstić information content (AvgIpc) is 2.86. The molecule has 1 fully saturated rings. The van der Waals surface area contributed by atoms with Gasteiger partial charge in [0.25, 0.3) is 0 Å². The number of nitrogens with one attached hydrogen (secondary N) is 1. The third-order valence-electron chi connectivity index (χ3n) is 2.92. The number of amides is 1. The molecular formula is C12H19NO5S2. The van der Waals surface area contributed by atoms with Crippen LogP contribution >= 0.6 is 21.6 Å². The summed E-state index contributed by atoms with van der Waals surface area (Å²) in [5.74, 6) is -1.77. The summed E-state index contributed by atoms with van der Waals surface area (Å²) in [4.78, 5) is 32.8. The second-order valence-electron chi connectivity index (χ2n) is 4.63. The molecule has 1 amide bonds. The highest BCUT2D eigenvalue weighted by molar-refractivity contribution is 8.77. The number of aliphatic carboxylic acids is 2. The first-order chi connectivity index (χ1) is 9.49. The summed E-state index contributed by atoms with van der Waals surface area (Å²) in [6, 6.07) is -1.35. The largest absolute Gasteiger partial charge is 0.481 e. The lowest BCUT2D eigenvalue weighted by molar-refractivity contribution is -0.147. The Labute approximate surface area is 125 Å². The maximum atomic E-state index is 11.6. The summed E-state index contributed by atoms with van der Waals surface area (Å²) in [6.45, 7) is 0. The van der Waals surface area contributed by atoms with Crippen LogP contribution in [-0.4, -0.2) is 45.1 Å². The molecule has 0 aromatic carbocycles. The van der Waals surface area contributed by atoms with Gasteiger partial charge in [-0.05, 0) is 19.3 Å². The molecule has 1 rings (SSSR count). The number of rotatable bonds is 9. The van der Waals surface area contributed by atoms with E-state index < -0.39 is 30.3 Å². The zero-order valence-electron chi connectivity index (χ0n) is 11.0.